The van der Waals surface area contributed by atoms with E-state index in [0.717, 1.165) is 11.3 Å². The summed E-state index contributed by atoms with van der Waals surface area (Å²) in [5.74, 6) is -0.504. The van der Waals surface area contributed by atoms with Crippen molar-refractivity contribution in [2.75, 3.05) is 11.9 Å². The smallest absolute Gasteiger partial charge is 0.176 e. The van der Waals surface area contributed by atoms with E-state index in [2.05, 4.69) is 0 Å². The summed E-state index contributed by atoms with van der Waals surface area (Å²) < 4.78 is 26.8. The lowest BCUT2D eigenvalue weighted by atomic mass is 9.93. The summed E-state index contributed by atoms with van der Waals surface area (Å²) in [5, 5.41) is 21.0. The maximum Gasteiger partial charge on any atom is 0.176 e. The minimum atomic E-state index is -0.738. The number of hydrogen-bond acceptors (Lipinski definition) is 3. The van der Waals surface area contributed by atoms with Gasteiger partial charge in [-0.25, -0.2) is 8.78 Å². The molecule has 32 heavy (non-hydrogen) atoms. The van der Waals surface area contributed by atoms with Gasteiger partial charge in [-0.1, -0.05) is 24.3 Å². The average Bonchev–Trinajstić information content (AvgIpc) is 3.04. The Morgan fingerprint density at radius 3 is 2.06 bits per heavy atom. The van der Waals surface area contributed by atoms with Crippen molar-refractivity contribution in [1.82, 2.24) is 4.90 Å². The van der Waals surface area contributed by atoms with Gasteiger partial charge >= 0.3 is 0 Å². The molecule has 3 aromatic carbocycles. The zero-order valence-corrected chi connectivity index (χ0v) is 18.3. The first-order valence-electron chi connectivity index (χ1n) is 10.4. The maximum atomic E-state index is 13.5. The lowest BCUT2D eigenvalue weighted by molar-refractivity contribution is 0.152. The van der Waals surface area contributed by atoms with Crippen LogP contribution in [0.5, 0.6) is 5.75 Å². The quantitative estimate of drug-likeness (QED) is 0.493. The van der Waals surface area contributed by atoms with Gasteiger partial charge < -0.3 is 20.0 Å². The minimum Gasteiger partial charge on any atom is -0.508 e. The van der Waals surface area contributed by atoms with Crippen molar-refractivity contribution in [3.63, 3.8) is 0 Å². The predicted octanol–water partition coefficient (Wildman–Crippen LogP) is 5.33. The third-order valence-corrected chi connectivity index (χ3v) is 6.46. The summed E-state index contributed by atoms with van der Waals surface area (Å²) in [6, 6.07) is 18.7. The van der Waals surface area contributed by atoms with Gasteiger partial charge in [0.15, 0.2) is 5.11 Å². The molecule has 166 valence electrons. The molecule has 0 bridgehead atoms. The van der Waals surface area contributed by atoms with Crippen molar-refractivity contribution in [2.24, 2.45) is 0 Å². The second-order valence-corrected chi connectivity index (χ2v) is 8.35. The van der Waals surface area contributed by atoms with E-state index in [4.69, 9.17) is 12.2 Å². The fourth-order valence-electron chi connectivity index (χ4n) is 4.26. The highest BCUT2D eigenvalue weighted by Gasteiger charge is 2.43. The predicted molar refractivity (Wildman–Crippen MR) is 124 cm³/mol. The molecule has 3 aromatic rings. The van der Waals surface area contributed by atoms with Crippen LogP contribution in [0.4, 0.5) is 14.5 Å². The molecule has 0 spiro atoms. The number of thiocarbonyl (C=S) groups is 1. The number of likely N-dealkylation sites (N-methyl/N-ethyl adjacent to an activating group) is 1. The van der Waals surface area contributed by atoms with E-state index in [-0.39, 0.29) is 29.5 Å². The third kappa shape index (κ3) is 4.45. The second-order valence-electron chi connectivity index (χ2n) is 7.99. The summed E-state index contributed by atoms with van der Waals surface area (Å²) in [6.07, 6.45) is 0.325. The van der Waals surface area contributed by atoms with Gasteiger partial charge in [-0.3, -0.25) is 0 Å². The highest BCUT2D eigenvalue weighted by Crippen LogP contribution is 2.41. The Morgan fingerprint density at radius 2 is 1.47 bits per heavy atom. The molecule has 0 aliphatic carbocycles. The zero-order chi connectivity index (χ0) is 22.8. The average molecular weight is 455 g/mol. The van der Waals surface area contributed by atoms with E-state index in [1.54, 1.807) is 36.4 Å². The number of aliphatic hydroxyl groups is 1. The molecule has 1 heterocycles. The molecule has 4 rings (SSSR count). The van der Waals surface area contributed by atoms with Crippen LogP contribution >= 0.6 is 12.2 Å². The fraction of sp³-hybridized carbons (Fsp3) is 0.240. The van der Waals surface area contributed by atoms with Crippen molar-refractivity contribution in [1.29, 1.82) is 0 Å². The Labute approximate surface area is 191 Å². The van der Waals surface area contributed by atoms with Gasteiger partial charge in [0, 0.05) is 12.7 Å². The summed E-state index contributed by atoms with van der Waals surface area (Å²) in [5.41, 5.74) is 2.37. The molecule has 1 aliphatic rings. The van der Waals surface area contributed by atoms with E-state index >= 15 is 0 Å². The molecule has 1 aliphatic heterocycles. The topological polar surface area (TPSA) is 46.9 Å². The van der Waals surface area contributed by atoms with Gasteiger partial charge in [0.1, 0.15) is 17.4 Å². The monoisotopic (exact) mass is 454 g/mol. The number of rotatable bonds is 6. The first-order chi connectivity index (χ1) is 15.3. The van der Waals surface area contributed by atoms with Gasteiger partial charge in [0.25, 0.3) is 0 Å². The van der Waals surface area contributed by atoms with Crippen molar-refractivity contribution in [2.45, 2.75) is 31.0 Å². The molecule has 2 N–H and O–H groups in total. The number of aromatic hydroxyl groups is 1. The molecule has 7 heteroatoms. The summed E-state index contributed by atoms with van der Waals surface area (Å²) in [4.78, 5) is 3.98. The number of aliphatic hydroxyl groups excluding tert-OH is 1. The van der Waals surface area contributed by atoms with E-state index in [1.165, 1.54) is 24.3 Å². The number of halogens is 2. The fourth-order valence-corrected chi connectivity index (χ4v) is 4.62. The van der Waals surface area contributed by atoms with Crippen LogP contribution in [0.25, 0.3) is 0 Å². The molecular weight excluding hydrogens is 430 g/mol. The number of phenolic OH excluding ortho intramolecular Hbond substituents is 1. The van der Waals surface area contributed by atoms with E-state index in [9.17, 15) is 19.0 Å². The van der Waals surface area contributed by atoms with Crippen molar-refractivity contribution in [3.8, 4) is 5.75 Å². The standard InChI is InChI=1S/C25H24F2N2O2S/c1-28-22(14-15-23(31)16-2-6-18(26)7-3-16)24(17-4-12-21(30)13-5-17)29(25(28)32)20-10-8-19(27)9-11-20/h2-13,22-24,30-31H,14-15H2,1H3. The first-order valence-corrected chi connectivity index (χ1v) is 10.8. The Morgan fingerprint density at radius 1 is 0.906 bits per heavy atom. The van der Waals surface area contributed by atoms with Crippen molar-refractivity contribution >= 4 is 23.0 Å². The summed E-state index contributed by atoms with van der Waals surface area (Å²) >= 11 is 5.75. The van der Waals surface area contributed by atoms with Crippen LogP contribution in [0.3, 0.4) is 0 Å². The lowest BCUT2D eigenvalue weighted by Gasteiger charge is -2.29. The number of anilines is 1. The lowest BCUT2D eigenvalue weighted by Crippen LogP contribution is -2.31. The Balaban J connectivity index is 1.64. The Bertz CT molecular complexity index is 1070. The van der Waals surface area contributed by atoms with Gasteiger partial charge in [-0.05, 0) is 84.7 Å². The first kappa shape index (κ1) is 22.2. The van der Waals surface area contributed by atoms with Crippen LogP contribution in [0.15, 0.2) is 72.8 Å². The van der Waals surface area contributed by atoms with Crippen LogP contribution in [0, 0.1) is 11.6 Å². The number of phenols is 1. The molecule has 1 saturated heterocycles. The van der Waals surface area contributed by atoms with Crippen LogP contribution in [-0.2, 0) is 0 Å². The molecule has 4 nitrogen and oxygen atoms in total. The largest absolute Gasteiger partial charge is 0.508 e. The van der Waals surface area contributed by atoms with Gasteiger partial charge in [0.05, 0.1) is 18.2 Å². The van der Waals surface area contributed by atoms with Crippen LogP contribution in [-0.4, -0.2) is 33.3 Å². The van der Waals surface area contributed by atoms with Gasteiger partial charge in [-0.2, -0.15) is 0 Å². The SMILES string of the molecule is CN1C(=S)N(c2ccc(F)cc2)C(c2ccc(O)cc2)C1CCC(O)c1ccc(F)cc1. The number of benzene rings is 3. The van der Waals surface area contributed by atoms with Crippen LogP contribution in [0.2, 0.25) is 0 Å². The molecule has 0 amide bonds. The molecular formula is C25H24F2N2O2S. The third-order valence-electron chi connectivity index (χ3n) is 5.98. The van der Waals surface area contributed by atoms with Gasteiger partial charge in [0.2, 0.25) is 0 Å². The van der Waals surface area contributed by atoms with E-state index < -0.39 is 6.10 Å². The number of nitrogens with zero attached hydrogens (tertiary/aromatic N) is 2. The van der Waals surface area contributed by atoms with E-state index in [0.29, 0.717) is 23.5 Å². The van der Waals surface area contributed by atoms with Crippen molar-refractivity contribution in [3.05, 3.63) is 95.6 Å². The molecule has 0 radical (unpaired) electrons. The molecule has 0 saturated carbocycles. The number of hydrogen-bond donors (Lipinski definition) is 2. The maximum absolute atomic E-state index is 13.5. The van der Waals surface area contributed by atoms with Gasteiger partial charge in [-0.15, -0.1) is 0 Å². The summed E-state index contributed by atoms with van der Waals surface area (Å²) in [7, 11) is 1.91. The van der Waals surface area contributed by atoms with Crippen LogP contribution < -0.4 is 4.90 Å². The van der Waals surface area contributed by atoms with E-state index in [1.807, 2.05) is 29.0 Å². The minimum absolute atomic E-state index is 0.0767. The Kier molecular flexibility index (Phi) is 6.39. The molecule has 0 aromatic heterocycles. The second kappa shape index (κ2) is 9.22. The van der Waals surface area contributed by atoms with Crippen LogP contribution in [0.1, 0.15) is 36.1 Å². The van der Waals surface area contributed by atoms with Crippen molar-refractivity contribution < 1.29 is 19.0 Å². The highest BCUT2D eigenvalue weighted by atomic mass is 32.1. The molecule has 1 fully saturated rings. The Hall–Kier alpha value is -3.03. The highest BCUT2D eigenvalue weighted by molar-refractivity contribution is 7.80. The molecule has 3 unspecified atom stereocenters. The normalized spacial score (nSPS) is 19.4. The molecule has 3 atom stereocenters. The zero-order valence-electron chi connectivity index (χ0n) is 17.5. The summed E-state index contributed by atoms with van der Waals surface area (Å²) in [6.45, 7) is 0.